The SMILES string of the molecule is COc1ccc(C(=O)O)c(OCc2cscn2)c1. The van der Waals surface area contributed by atoms with Crippen LogP contribution in [-0.2, 0) is 6.61 Å². The number of nitrogens with zero attached hydrogens (tertiary/aromatic N) is 1. The van der Waals surface area contributed by atoms with Crippen molar-refractivity contribution in [2.45, 2.75) is 6.61 Å². The molecule has 1 aromatic heterocycles. The van der Waals surface area contributed by atoms with E-state index in [-0.39, 0.29) is 17.9 Å². The summed E-state index contributed by atoms with van der Waals surface area (Å²) in [5.74, 6) is -0.214. The summed E-state index contributed by atoms with van der Waals surface area (Å²) in [6, 6.07) is 4.59. The Morgan fingerprint density at radius 1 is 1.50 bits per heavy atom. The van der Waals surface area contributed by atoms with Crippen molar-refractivity contribution in [1.82, 2.24) is 4.98 Å². The van der Waals surface area contributed by atoms with Crippen LogP contribution in [0.4, 0.5) is 0 Å². The number of benzene rings is 1. The molecule has 0 unspecified atom stereocenters. The molecule has 0 aliphatic carbocycles. The number of carboxylic acids is 1. The molecule has 0 aliphatic rings. The minimum atomic E-state index is -1.04. The summed E-state index contributed by atoms with van der Waals surface area (Å²) in [5.41, 5.74) is 2.56. The standard InChI is InChI=1S/C12H11NO4S/c1-16-9-2-3-10(12(14)15)11(4-9)17-5-8-6-18-7-13-8/h2-4,6-7H,5H2,1H3,(H,14,15). The number of hydrogen-bond acceptors (Lipinski definition) is 5. The lowest BCUT2D eigenvalue weighted by Gasteiger charge is -2.09. The predicted molar refractivity (Wildman–Crippen MR) is 66.4 cm³/mol. The van der Waals surface area contributed by atoms with Gasteiger partial charge in [-0.3, -0.25) is 0 Å². The molecule has 0 atom stereocenters. The van der Waals surface area contributed by atoms with E-state index >= 15 is 0 Å². The number of rotatable bonds is 5. The molecule has 6 heteroatoms. The van der Waals surface area contributed by atoms with E-state index in [0.29, 0.717) is 5.75 Å². The van der Waals surface area contributed by atoms with Crippen molar-refractivity contribution in [3.05, 3.63) is 40.3 Å². The minimum absolute atomic E-state index is 0.103. The molecule has 2 aromatic rings. The van der Waals surface area contributed by atoms with Gasteiger partial charge in [0.2, 0.25) is 0 Å². The molecule has 5 nitrogen and oxygen atoms in total. The van der Waals surface area contributed by atoms with Crippen LogP contribution in [0.3, 0.4) is 0 Å². The van der Waals surface area contributed by atoms with Crippen LogP contribution in [0.25, 0.3) is 0 Å². The molecule has 2 rings (SSSR count). The van der Waals surface area contributed by atoms with E-state index in [1.165, 1.54) is 24.5 Å². The van der Waals surface area contributed by atoms with Gasteiger partial charge in [0.1, 0.15) is 23.7 Å². The van der Waals surface area contributed by atoms with Crippen LogP contribution in [0.2, 0.25) is 0 Å². The third-order valence-electron chi connectivity index (χ3n) is 2.28. The number of thiazole rings is 1. The fourth-order valence-electron chi connectivity index (χ4n) is 1.39. The van der Waals surface area contributed by atoms with Crippen molar-refractivity contribution in [1.29, 1.82) is 0 Å². The summed E-state index contributed by atoms with van der Waals surface area (Å²) in [5, 5.41) is 10.9. The molecule has 0 spiro atoms. The number of hydrogen-bond donors (Lipinski definition) is 1. The van der Waals surface area contributed by atoms with E-state index in [1.54, 1.807) is 17.6 Å². The third kappa shape index (κ3) is 2.78. The Hall–Kier alpha value is -2.08. The minimum Gasteiger partial charge on any atom is -0.497 e. The first-order chi connectivity index (χ1) is 8.70. The Bertz CT molecular complexity index is 539. The lowest BCUT2D eigenvalue weighted by atomic mass is 10.2. The van der Waals surface area contributed by atoms with E-state index in [9.17, 15) is 4.79 Å². The van der Waals surface area contributed by atoms with Crippen LogP contribution in [0.1, 0.15) is 16.1 Å². The molecule has 0 saturated heterocycles. The Morgan fingerprint density at radius 3 is 2.94 bits per heavy atom. The van der Waals surface area contributed by atoms with Gasteiger partial charge in [-0.15, -0.1) is 11.3 Å². The van der Waals surface area contributed by atoms with Crippen molar-refractivity contribution < 1.29 is 19.4 Å². The first-order valence-corrected chi connectivity index (χ1v) is 6.06. The fourth-order valence-corrected chi connectivity index (χ4v) is 1.93. The number of carbonyl (C=O) groups is 1. The summed E-state index contributed by atoms with van der Waals surface area (Å²) >= 11 is 1.46. The Morgan fingerprint density at radius 2 is 2.33 bits per heavy atom. The van der Waals surface area contributed by atoms with E-state index in [2.05, 4.69) is 4.98 Å². The largest absolute Gasteiger partial charge is 0.497 e. The van der Waals surface area contributed by atoms with Gasteiger partial charge in [0, 0.05) is 11.4 Å². The van der Waals surface area contributed by atoms with Gasteiger partial charge in [-0.25, -0.2) is 9.78 Å². The quantitative estimate of drug-likeness (QED) is 0.899. The molecule has 18 heavy (non-hydrogen) atoms. The molecule has 1 heterocycles. The smallest absolute Gasteiger partial charge is 0.339 e. The van der Waals surface area contributed by atoms with Crippen LogP contribution in [0.5, 0.6) is 11.5 Å². The summed E-state index contributed by atoms with van der Waals surface area (Å²) in [4.78, 5) is 15.1. The van der Waals surface area contributed by atoms with Crippen LogP contribution in [0, 0.1) is 0 Å². The molecule has 0 aliphatic heterocycles. The number of carboxylic acid groups (broad SMARTS) is 1. The topological polar surface area (TPSA) is 68.7 Å². The van der Waals surface area contributed by atoms with E-state index in [1.807, 2.05) is 5.38 Å². The zero-order chi connectivity index (χ0) is 13.0. The molecule has 94 valence electrons. The second kappa shape index (κ2) is 5.50. The van der Waals surface area contributed by atoms with Crippen LogP contribution in [0.15, 0.2) is 29.1 Å². The maximum absolute atomic E-state index is 11.0. The lowest BCUT2D eigenvalue weighted by molar-refractivity contribution is 0.0691. The highest BCUT2D eigenvalue weighted by Gasteiger charge is 2.12. The predicted octanol–water partition coefficient (Wildman–Crippen LogP) is 2.43. The Balaban J connectivity index is 2.20. The number of ether oxygens (including phenoxy) is 2. The summed E-state index contributed by atoms with van der Waals surface area (Å²) in [7, 11) is 1.51. The maximum atomic E-state index is 11.0. The van der Waals surface area contributed by atoms with Gasteiger partial charge in [-0.05, 0) is 12.1 Å². The molecular weight excluding hydrogens is 254 g/mol. The van der Waals surface area contributed by atoms with Crippen LogP contribution in [-0.4, -0.2) is 23.2 Å². The van der Waals surface area contributed by atoms with Crippen molar-refractivity contribution in [2.24, 2.45) is 0 Å². The molecule has 0 radical (unpaired) electrons. The maximum Gasteiger partial charge on any atom is 0.339 e. The fraction of sp³-hybridized carbons (Fsp3) is 0.167. The van der Waals surface area contributed by atoms with Gasteiger partial charge >= 0.3 is 5.97 Å². The summed E-state index contributed by atoms with van der Waals surface area (Å²) in [6.45, 7) is 0.233. The Labute approximate surface area is 108 Å². The average Bonchev–Trinajstić information content (AvgIpc) is 2.88. The van der Waals surface area contributed by atoms with Gasteiger partial charge in [-0.2, -0.15) is 0 Å². The number of aromatic carboxylic acids is 1. The van der Waals surface area contributed by atoms with Gasteiger partial charge in [0.15, 0.2) is 0 Å². The molecule has 1 N–H and O–H groups in total. The number of aromatic nitrogens is 1. The van der Waals surface area contributed by atoms with Gasteiger partial charge in [0.25, 0.3) is 0 Å². The van der Waals surface area contributed by atoms with Crippen molar-refractivity contribution >= 4 is 17.3 Å². The van der Waals surface area contributed by atoms with Crippen molar-refractivity contribution in [2.75, 3.05) is 7.11 Å². The second-order valence-electron chi connectivity index (χ2n) is 3.44. The van der Waals surface area contributed by atoms with E-state index in [0.717, 1.165) is 5.69 Å². The molecule has 0 bridgehead atoms. The first kappa shape index (κ1) is 12.4. The highest BCUT2D eigenvalue weighted by molar-refractivity contribution is 7.07. The molecule has 1 aromatic carbocycles. The molecular formula is C12H11NO4S. The van der Waals surface area contributed by atoms with Crippen molar-refractivity contribution in [3.63, 3.8) is 0 Å². The zero-order valence-corrected chi connectivity index (χ0v) is 10.4. The van der Waals surface area contributed by atoms with Crippen LogP contribution >= 0.6 is 11.3 Å². The number of methoxy groups -OCH3 is 1. The van der Waals surface area contributed by atoms with E-state index < -0.39 is 5.97 Å². The zero-order valence-electron chi connectivity index (χ0n) is 9.62. The van der Waals surface area contributed by atoms with Gasteiger partial charge in [-0.1, -0.05) is 0 Å². The molecule has 0 fully saturated rings. The highest BCUT2D eigenvalue weighted by atomic mass is 32.1. The monoisotopic (exact) mass is 265 g/mol. The van der Waals surface area contributed by atoms with Gasteiger partial charge < -0.3 is 14.6 Å². The van der Waals surface area contributed by atoms with Crippen LogP contribution < -0.4 is 9.47 Å². The molecule has 0 saturated carbocycles. The van der Waals surface area contributed by atoms with Gasteiger partial charge in [0.05, 0.1) is 18.3 Å². The normalized spacial score (nSPS) is 10.1. The van der Waals surface area contributed by atoms with E-state index in [4.69, 9.17) is 14.6 Å². The Kier molecular flexibility index (Phi) is 3.78. The lowest BCUT2D eigenvalue weighted by Crippen LogP contribution is -2.04. The van der Waals surface area contributed by atoms with Crippen molar-refractivity contribution in [3.8, 4) is 11.5 Å². The second-order valence-corrected chi connectivity index (χ2v) is 4.15. The molecule has 0 amide bonds. The first-order valence-electron chi connectivity index (χ1n) is 5.12. The summed E-state index contributed by atoms with van der Waals surface area (Å²) < 4.78 is 10.5. The third-order valence-corrected chi connectivity index (χ3v) is 2.91. The summed E-state index contributed by atoms with van der Waals surface area (Å²) in [6.07, 6.45) is 0. The highest BCUT2D eigenvalue weighted by Crippen LogP contribution is 2.25. The average molecular weight is 265 g/mol.